The lowest BCUT2D eigenvalue weighted by atomic mass is 10.4. The number of hydrogen-bond donors (Lipinski definition) is 0. The fraction of sp³-hybridized carbons (Fsp3) is 0.500. The molecule has 1 aromatic heterocycles. The van der Waals surface area contributed by atoms with Crippen LogP contribution in [0.2, 0.25) is 5.15 Å². The van der Waals surface area contributed by atoms with E-state index in [9.17, 15) is 13.6 Å². The van der Waals surface area contributed by atoms with Gasteiger partial charge < -0.3 is 4.74 Å². The van der Waals surface area contributed by atoms with Gasteiger partial charge in [-0.1, -0.05) is 11.6 Å². The molecule has 0 saturated heterocycles. The van der Waals surface area contributed by atoms with E-state index < -0.39 is 18.9 Å². The van der Waals surface area contributed by atoms with Crippen molar-refractivity contribution in [2.45, 2.75) is 19.9 Å². The number of aromatic nitrogens is 2. The van der Waals surface area contributed by atoms with Crippen LogP contribution >= 0.6 is 11.6 Å². The van der Waals surface area contributed by atoms with E-state index in [1.54, 1.807) is 6.92 Å². The topological polar surface area (TPSA) is 44.1 Å². The monoisotopic (exact) mass is 238 g/mol. The van der Waals surface area contributed by atoms with Crippen LogP contribution in [0.5, 0.6) is 0 Å². The van der Waals surface area contributed by atoms with Gasteiger partial charge in [0.25, 0.3) is 6.43 Å². The molecule has 0 aliphatic heterocycles. The average Bonchev–Trinajstić information content (AvgIpc) is 2.46. The Morgan fingerprint density at radius 3 is 2.93 bits per heavy atom. The Kier molecular flexibility index (Phi) is 4.02. The molecule has 15 heavy (non-hydrogen) atoms. The Hall–Kier alpha value is -1.17. The fourth-order valence-corrected chi connectivity index (χ4v) is 1.20. The van der Waals surface area contributed by atoms with Crippen molar-refractivity contribution in [2.75, 3.05) is 6.61 Å². The summed E-state index contributed by atoms with van der Waals surface area (Å²) in [5.41, 5.74) is -0.000772. The number of halogens is 3. The zero-order valence-electron chi connectivity index (χ0n) is 7.91. The van der Waals surface area contributed by atoms with Crippen LogP contribution in [-0.4, -0.2) is 28.8 Å². The molecule has 0 aliphatic carbocycles. The first-order valence-corrected chi connectivity index (χ1v) is 4.60. The number of carbonyl (C=O) groups is 1. The second-order valence-electron chi connectivity index (χ2n) is 2.67. The van der Waals surface area contributed by atoms with Crippen molar-refractivity contribution in [3.63, 3.8) is 0 Å². The molecule has 84 valence electrons. The van der Waals surface area contributed by atoms with Gasteiger partial charge in [-0.05, 0) is 6.92 Å². The number of alkyl halides is 2. The molecule has 0 aromatic carbocycles. The molecule has 0 radical (unpaired) electrons. The van der Waals surface area contributed by atoms with E-state index in [0.29, 0.717) is 0 Å². The van der Waals surface area contributed by atoms with Crippen LogP contribution in [0.15, 0.2) is 6.20 Å². The summed E-state index contributed by atoms with van der Waals surface area (Å²) in [6.45, 7) is 1.23. The van der Waals surface area contributed by atoms with Crippen molar-refractivity contribution in [1.29, 1.82) is 0 Å². The van der Waals surface area contributed by atoms with Gasteiger partial charge in [0.2, 0.25) is 0 Å². The van der Waals surface area contributed by atoms with Crippen molar-refractivity contribution in [2.24, 2.45) is 0 Å². The van der Waals surface area contributed by atoms with Crippen LogP contribution in [0.4, 0.5) is 8.78 Å². The van der Waals surface area contributed by atoms with Crippen LogP contribution in [0.25, 0.3) is 0 Å². The normalized spacial score (nSPS) is 10.7. The maximum absolute atomic E-state index is 12.0. The number of esters is 1. The third-order valence-corrected chi connectivity index (χ3v) is 1.82. The van der Waals surface area contributed by atoms with Gasteiger partial charge in [-0.2, -0.15) is 5.10 Å². The maximum Gasteiger partial charge on any atom is 0.342 e. The van der Waals surface area contributed by atoms with Crippen LogP contribution in [-0.2, 0) is 11.3 Å². The molecule has 1 rings (SSSR count). The third-order valence-electron chi connectivity index (χ3n) is 1.54. The minimum atomic E-state index is -2.55. The molecule has 0 saturated carbocycles. The summed E-state index contributed by atoms with van der Waals surface area (Å²) in [7, 11) is 0. The molecule has 0 atom stereocenters. The van der Waals surface area contributed by atoms with Gasteiger partial charge in [-0.25, -0.2) is 13.6 Å². The van der Waals surface area contributed by atoms with Gasteiger partial charge in [-0.15, -0.1) is 0 Å². The highest BCUT2D eigenvalue weighted by Crippen LogP contribution is 2.15. The average molecular weight is 239 g/mol. The highest BCUT2D eigenvalue weighted by Gasteiger charge is 2.17. The van der Waals surface area contributed by atoms with Gasteiger partial charge in [0.05, 0.1) is 6.61 Å². The number of carbonyl (C=O) groups excluding carboxylic acids is 1. The number of nitrogens with zero attached hydrogens (tertiary/aromatic N) is 2. The highest BCUT2D eigenvalue weighted by molar-refractivity contribution is 6.32. The summed E-state index contributed by atoms with van der Waals surface area (Å²) in [5.74, 6) is -0.664. The molecular formula is C8H9ClF2N2O2. The molecule has 7 heteroatoms. The number of ether oxygens (including phenoxy) is 1. The molecule has 0 spiro atoms. The predicted molar refractivity (Wildman–Crippen MR) is 49.2 cm³/mol. The van der Waals surface area contributed by atoms with Crippen molar-refractivity contribution in [3.8, 4) is 0 Å². The number of hydrogen-bond acceptors (Lipinski definition) is 3. The molecule has 4 nitrogen and oxygen atoms in total. The lowest BCUT2D eigenvalue weighted by molar-refractivity contribution is 0.0526. The zero-order chi connectivity index (χ0) is 11.4. The van der Waals surface area contributed by atoms with Crippen molar-refractivity contribution in [1.82, 2.24) is 9.78 Å². The molecule has 0 bridgehead atoms. The van der Waals surface area contributed by atoms with E-state index in [0.717, 1.165) is 10.9 Å². The first kappa shape index (κ1) is 11.9. The standard InChI is InChI=1S/C8H9ClF2N2O2/c1-2-15-8(14)5-3-13(4-6(10)11)12-7(5)9/h3,6H,2,4H2,1H3. The summed E-state index contributed by atoms with van der Waals surface area (Å²) in [5, 5.41) is 3.42. The van der Waals surface area contributed by atoms with Crippen molar-refractivity contribution in [3.05, 3.63) is 16.9 Å². The Morgan fingerprint density at radius 1 is 1.73 bits per heavy atom. The largest absolute Gasteiger partial charge is 0.462 e. The Morgan fingerprint density at radius 2 is 2.40 bits per heavy atom. The quantitative estimate of drug-likeness (QED) is 0.754. The zero-order valence-corrected chi connectivity index (χ0v) is 8.67. The second-order valence-corrected chi connectivity index (χ2v) is 3.03. The molecule has 1 aromatic rings. The molecule has 0 N–H and O–H groups in total. The van der Waals surface area contributed by atoms with Gasteiger partial charge in [-0.3, -0.25) is 4.68 Å². The first-order valence-electron chi connectivity index (χ1n) is 4.22. The predicted octanol–water partition coefficient (Wildman–Crippen LogP) is 1.98. The van der Waals surface area contributed by atoms with Crippen LogP contribution in [0.3, 0.4) is 0 Å². The molecule has 0 amide bonds. The molecule has 0 aliphatic rings. The van der Waals surface area contributed by atoms with Gasteiger partial charge in [0.15, 0.2) is 5.15 Å². The Labute approximate surface area is 89.8 Å². The van der Waals surface area contributed by atoms with Gasteiger partial charge >= 0.3 is 5.97 Å². The summed E-state index contributed by atoms with van der Waals surface area (Å²) in [6.07, 6.45) is -1.40. The summed E-state index contributed by atoms with van der Waals surface area (Å²) in [6, 6.07) is 0. The highest BCUT2D eigenvalue weighted by atomic mass is 35.5. The van der Waals surface area contributed by atoms with E-state index in [4.69, 9.17) is 11.6 Å². The summed E-state index contributed by atoms with van der Waals surface area (Å²) < 4.78 is 29.6. The van der Waals surface area contributed by atoms with Crippen LogP contribution < -0.4 is 0 Å². The van der Waals surface area contributed by atoms with Crippen LogP contribution in [0, 0.1) is 0 Å². The van der Waals surface area contributed by atoms with E-state index >= 15 is 0 Å². The van der Waals surface area contributed by atoms with Crippen molar-refractivity contribution >= 4 is 17.6 Å². The van der Waals surface area contributed by atoms with E-state index in [1.807, 2.05) is 0 Å². The number of rotatable bonds is 4. The Balaban J connectivity index is 2.81. The second kappa shape index (κ2) is 5.06. The minimum absolute atomic E-state index is 0.000772. The lowest BCUT2D eigenvalue weighted by Crippen LogP contribution is -2.07. The Bertz CT molecular complexity index is 354. The van der Waals surface area contributed by atoms with Crippen LogP contribution in [0.1, 0.15) is 17.3 Å². The minimum Gasteiger partial charge on any atom is -0.462 e. The van der Waals surface area contributed by atoms with E-state index in [2.05, 4.69) is 9.84 Å². The summed E-state index contributed by atoms with van der Waals surface area (Å²) >= 11 is 5.58. The van der Waals surface area contributed by atoms with E-state index in [-0.39, 0.29) is 17.3 Å². The fourth-order valence-electron chi connectivity index (χ4n) is 0.978. The molecule has 0 unspecified atom stereocenters. The van der Waals surface area contributed by atoms with Gasteiger partial charge in [0, 0.05) is 6.20 Å². The molecular weight excluding hydrogens is 230 g/mol. The van der Waals surface area contributed by atoms with Gasteiger partial charge in [0.1, 0.15) is 12.1 Å². The lowest BCUT2D eigenvalue weighted by Gasteiger charge is -1.98. The summed E-state index contributed by atoms with van der Waals surface area (Å²) in [4.78, 5) is 11.2. The first-order chi connectivity index (χ1) is 7.04. The molecule has 1 heterocycles. The molecule has 0 fully saturated rings. The SMILES string of the molecule is CCOC(=O)c1cn(CC(F)F)nc1Cl. The van der Waals surface area contributed by atoms with Crippen molar-refractivity contribution < 1.29 is 18.3 Å². The third kappa shape index (κ3) is 3.16. The smallest absolute Gasteiger partial charge is 0.342 e. The maximum atomic E-state index is 12.0. The van der Waals surface area contributed by atoms with E-state index in [1.165, 1.54) is 0 Å².